The minimum absolute atomic E-state index is 0.319. The molecule has 0 atom stereocenters. The molecule has 0 saturated carbocycles. The number of ether oxygens (including phenoxy) is 1. The highest BCUT2D eigenvalue weighted by molar-refractivity contribution is 7.24. The number of carbonyl (C=O) groups excluding carboxylic acids is 1. The molecule has 1 heterocycles. The summed E-state index contributed by atoms with van der Waals surface area (Å²) in [6, 6.07) is 16.0. The molecule has 3 aromatic rings. The van der Waals surface area contributed by atoms with Gasteiger partial charge < -0.3 is 4.74 Å². The van der Waals surface area contributed by atoms with Crippen molar-refractivity contribution < 1.29 is 9.53 Å². The summed E-state index contributed by atoms with van der Waals surface area (Å²) in [7, 11) is 0. The number of amides is 1. The Morgan fingerprint density at radius 2 is 1.67 bits per heavy atom. The quantitative estimate of drug-likeness (QED) is 0.580. The molecule has 0 spiro atoms. The van der Waals surface area contributed by atoms with Gasteiger partial charge in [-0.25, -0.2) is 10.2 Å². The van der Waals surface area contributed by atoms with Gasteiger partial charge in [0.1, 0.15) is 5.36 Å². The maximum atomic E-state index is 11.5. The van der Waals surface area contributed by atoms with Gasteiger partial charge in [-0.15, -0.1) is 11.3 Å². The van der Waals surface area contributed by atoms with E-state index in [1.165, 1.54) is 0 Å². The van der Waals surface area contributed by atoms with E-state index in [2.05, 4.69) is 22.7 Å². The Labute approximate surface area is 125 Å². The number of benzene rings is 2. The lowest BCUT2D eigenvalue weighted by Crippen LogP contribution is -2.22. The molecule has 0 fully saturated rings. The summed E-state index contributed by atoms with van der Waals surface area (Å²) in [6.07, 6.45) is -0.543. The Kier molecular flexibility index (Phi) is 3.83. The molecule has 4 nitrogen and oxygen atoms in total. The molecule has 0 bridgehead atoms. The van der Waals surface area contributed by atoms with Gasteiger partial charge in [-0.2, -0.15) is 5.10 Å². The minimum Gasteiger partial charge on any atom is -0.449 e. The van der Waals surface area contributed by atoms with Crippen LogP contribution in [0.4, 0.5) is 4.79 Å². The van der Waals surface area contributed by atoms with Crippen LogP contribution in [0.25, 0.3) is 20.2 Å². The van der Waals surface area contributed by atoms with Gasteiger partial charge in [0.25, 0.3) is 0 Å². The summed E-state index contributed by atoms with van der Waals surface area (Å²) >= 11 is 1.71. The molecular formula is C16H14N2O2S. The van der Waals surface area contributed by atoms with Crippen LogP contribution in [0.1, 0.15) is 6.92 Å². The van der Waals surface area contributed by atoms with Crippen molar-refractivity contribution in [3.05, 3.63) is 53.9 Å². The highest BCUT2D eigenvalue weighted by Gasteiger charge is 2.04. The van der Waals surface area contributed by atoms with Crippen molar-refractivity contribution in [3.8, 4) is 0 Å². The van der Waals surface area contributed by atoms with Gasteiger partial charge >= 0.3 is 6.09 Å². The zero-order chi connectivity index (χ0) is 14.7. The molecule has 2 aromatic carbocycles. The second-order valence-corrected chi connectivity index (χ2v) is 5.47. The van der Waals surface area contributed by atoms with Crippen LogP contribution in [0.5, 0.6) is 0 Å². The summed E-state index contributed by atoms with van der Waals surface area (Å²) in [6.45, 7) is 2.08. The van der Waals surface area contributed by atoms with Gasteiger partial charge in [0.05, 0.1) is 6.61 Å². The third-order valence-corrected chi connectivity index (χ3v) is 4.19. The first-order valence-electron chi connectivity index (χ1n) is 6.66. The SMILES string of the molecule is CCOC(=O)NN=c1c2ccccc2sc2ccccc12. The fourth-order valence-electron chi connectivity index (χ4n) is 2.15. The highest BCUT2D eigenvalue weighted by atomic mass is 32.1. The molecule has 1 N–H and O–H groups in total. The molecule has 1 amide bonds. The van der Waals surface area contributed by atoms with Gasteiger partial charge in [-0.3, -0.25) is 0 Å². The molecule has 106 valence electrons. The maximum Gasteiger partial charge on any atom is 0.427 e. The third kappa shape index (κ3) is 2.73. The Bertz CT molecular complexity index is 814. The van der Waals surface area contributed by atoms with E-state index < -0.39 is 6.09 Å². The molecule has 0 aliphatic rings. The van der Waals surface area contributed by atoms with Crippen LogP contribution in [-0.2, 0) is 4.74 Å². The van der Waals surface area contributed by atoms with Gasteiger partial charge in [-0.1, -0.05) is 36.4 Å². The van der Waals surface area contributed by atoms with Crippen molar-refractivity contribution in [2.24, 2.45) is 5.10 Å². The first-order valence-corrected chi connectivity index (χ1v) is 7.48. The van der Waals surface area contributed by atoms with Crippen LogP contribution in [0.3, 0.4) is 0 Å². The van der Waals surface area contributed by atoms with Crippen LogP contribution in [0, 0.1) is 0 Å². The van der Waals surface area contributed by atoms with Crippen LogP contribution < -0.4 is 10.8 Å². The molecule has 21 heavy (non-hydrogen) atoms. The Balaban J connectivity index is 2.25. The largest absolute Gasteiger partial charge is 0.449 e. The monoisotopic (exact) mass is 298 g/mol. The summed E-state index contributed by atoms with van der Waals surface area (Å²) < 4.78 is 7.10. The number of rotatable bonds is 2. The van der Waals surface area contributed by atoms with E-state index in [0.29, 0.717) is 6.61 Å². The van der Waals surface area contributed by atoms with E-state index in [1.807, 2.05) is 36.4 Å². The average molecular weight is 298 g/mol. The molecule has 0 aliphatic carbocycles. The van der Waals surface area contributed by atoms with Crippen molar-refractivity contribution in [3.63, 3.8) is 0 Å². The lowest BCUT2D eigenvalue weighted by Gasteiger charge is -2.04. The number of nitrogens with one attached hydrogen (secondary N) is 1. The number of fused-ring (bicyclic) bond motifs is 2. The van der Waals surface area contributed by atoms with E-state index in [4.69, 9.17) is 4.74 Å². The van der Waals surface area contributed by atoms with Gasteiger partial charge in [0.15, 0.2) is 0 Å². The molecular weight excluding hydrogens is 284 g/mol. The Morgan fingerprint density at radius 1 is 1.10 bits per heavy atom. The number of hydrogen-bond donors (Lipinski definition) is 1. The standard InChI is InChI=1S/C16H14N2O2S/c1-2-20-16(19)18-17-15-11-7-3-5-9-13(11)21-14-10-6-4-8-12(14)15/h3-10H,2H2,1H3,(H,18,19). The number of hydrogen-bond acceptors (Lipinski definition) is 4. The molecule has 1 aromatic heterocycles. The van der Waals surface area contributed by atoms with Gasteiger partial charge in [0.2, 0.25) is 0 Å². The van der Waals surface area contributed by atoms with E-state index in [9.17, 15) is 4.79 Å². The first kappa shape index (κ1) is 13.6. The maximum absolute atomic E-state index is 11.5. The number of carbonyl (C=O) groups is 1. The van der Waals surface area contributed by atoms with E-state index in [-0.39, 0.29) is 0 Å². The number of nitrogens with zero attached hydrogens (tertiary/aromatic N) is 1. The van der Waals surface area contributed by atoms with Crippen molar-refractivity contribution in [2.75, 3.05) is 6.61 Å². The van der Waals surface area contributed by atoms with Crippen molar-refractivity contribution >= 4 is 37.6 Å². The van der Waals surface area contributed by atoms with Crippen molar-refractivity contribution in [1.82, 2.24) is 5.43 Å². The Morgan fingerprint density at radius 3 is 2.24 bits per heavy atom. The van der Waals surface area contributed by atoms with Crippen LogP contribution >= 0.6 is 11.3 Å². The van der Waals surface area contributed by atoms with Crippen LogP contribution in [0.15, 0.2) is 53.6 Å². The fourth-order valence-corrected chi connectivity index (χ4v) is 3.23. The van der Waals surface area contributed by atoms with Crippen LogP contribution in [0.2, 0.25) is 0 Å². The molecule has 5 heteroatoms. The summed E-state index contributed by atoms with van der Waals surface area (Å²) in [5.41, 5.74) is 2.45. The normalized spacial score (nSPS) is 10.5. The fraction of sp³-hybridized carbons (Fsp3) is 0.125. The second-order valence-electron chi connectivity index (χ2n) is 4.39. The Hall–Kier alpha value is -2.40. The van der Waals surface area contributed by atoms with Crippen molar-refractivity contribution in [1.29, 1.82) is 0 Å². The first-order chi connectivity index (χ1) is 10.3. The average Bonchev–Trinajstić information content (AvgIpc) is 2.51. The topological polar surface area (TPSA) is 50.7 Å². The summed E-state index contributed by atoms with van der Waals surface area (Å²) in [5, 5.41) is 7.04. The molecule has 0 saturated heterocycles. The second kappa shape index (κ2) is 5.93. The van der Waals surface area contributed by atoms with Crippen LogP contribution in [-0.4, -0.2) is 12.7 Å². The predicted molar refractivity (Wildman–Crippen MR) is 85.1 cm³/mol. The third-order valence-electron chi connectivity index (χ3n) is 3.04. The molecule has 3 rings (SSSR count). The van der Waals surface area contributed by atoms with Crippen molar-refractivity contribution in [2.45, 2.75) is 6.92 Å². The van der Waals surface area contributed by atoms with Gasteiger partial charge in [-0.05, 0) is 19.1 Å². The zero-order valence-corrected chi connectivity index (χ0v) is 12.3. The van der Waals surface area contributed by atoms with E-state index >= 15 is 0 Å². The van der Waals surface area contributed by atoms with E-state index in [0.717, 1.165) is 25.5 Å². The smallest absolute Gasteiger partial charge is 0.427 e. The lowest BCUT2D eigenvalue weighted by atomic mass is 10.2. The molecule has 0 aliphatic heterocycles. The summed E-state index contributed by atoms with van der Waals surface area (Å²) in [4.78, 5) is 11.5. The highest BCUT2D eigenvalue weighted by Crippen LogP contribution is 2.23. The lowest BCUT2D eigenvalue weighted by molar-refractivity contribution is 0.152. The summed E-state index contributed by atoms with van der Waals surface area (Å²) in [5.74, 6) is 0. The van der Waals surface area contributed by atoms with Gasteiger partial charge in [0, 0.05) is 20.2 Å². The molecule has 0 radical (unpaired) electrons. The predicted octanol–water partition coefficient (Wildman–Crippen LogP) is 3.62. The van der Waals surface area contributed by atoms with E-state index in [1.54, 1.807) is 18.3 Å². The zero-order valence-electron chi connectivity index (χ0n) is 11.5. The minimum atomic E-state index is -0.543. The molecule has 0 unspecified atom stereocenters.